The number of thiophene rings is 1. The topological polar surface area (TPSA) is 22.4 Å². The zero-order valence-corrected chi connectivity index (χ0v) is 15.5. The minimum absolute atomic E-state index is 0.557. The molecule has 126 valence electrons. The highest BCUT2D eigenvalue weighted by molar-refractivity contribution is 7.13. The first kappa shape index (κ1) is 17.4. The summed E-state index contributed by atoms with van der Waals surface area (Å²) in [5.74, 6) is 1.61. The first-order chi connectivity index (χ1) is 11.7. The van der Waals surface area contributed by atoms with Crippen LogP contribution in [0.3, 0.4) is 0 Å². The molecule has 24 heavy (non-hydrogen) atoms. The predicted octanol–water partition coefficient (Wildman–Crippen LogP) is 7.11. The molecule has 0 fully saturated rings. The molecule has 0 saturated carbocycles. The van der Waals surface area contributed by atoms with E-state index in [2.05, 4.69) is 0 Å². The second-order valence-corrected chi connectivity index (χ2v) is 7.25. The summed E-state index contributed by atoms with van der Waals surface area (Å²) in [6.45, 7) is 0.607. The van der Waals surface area contributed by atoms with Gasteiger partial charge in [0.1, 0.15) is 5.76 Å². The van der Waals surface area contributed by atoms with E-state index in [4.69, 9.17) is 32.4 Å². The number of halogens is 2. The zero-order chi connectivity index (χ0) is 16.8. The maximum Gasteiger partial charge on any atom is 0.156 e. The van der Waals surface area contributed by atoms with Gasteiger partial charge in [0, 0.05) is 11.3 Å². The van der Waals surface area contributed by atoms with Crippen LogP contribution in [0.2, 0.25) is 10.0 Å². The number of unbranched alkanes of at least 4 members (excludes halogenated alkanes) is 2. The fourth-order valence-corrected chi connectivity index (χ4v) is 3.80. The van der Waals surface area contributed by atoms with Gasteiger partial charge in [0.05, 0.1) is 22.9 Å². The molecule has 0 unspecified atom stereocenters. The number of benzene rings is 1. The smallest absolute Gasteiger partial charge is 0.156 e. The Hall–Kier alpha value is -1.42. The second kappa shape index (κ2) is 8.61. The van der Waals surface area contributed by atoms with Gasteiger partial charge >= 0.3 is 0 Å². The molecule has 3 rings (SSSR count). The van der Waals surface area contributed by atoms with Crippen molar-refractivity contribution in [3.8, 4) is 16.2 Å². The Labute approximate surface area is 156 Å². The van der Waals surface area contributed by atoms with E-state index in [9.17, 15) is 0 Å². The van der Waals surface area contributed by atoms with Crippen LogP contribution in [0.25, 0.3) is 10.4 Å². The maximum absolute atomic E-state index is 6.34. The number of aryl methyl sites for hydroxylation is 1. The molecule has 0 radical (unpaired) electrons. The van der Waals surface area contributed by atoms with E-state index in [-0.39, 0.29) is 0 Å². The van der Waals surface area contributed by atoms with Crippen molar-refractivity contribution < 1.29 is 9.15 Å². The first-order valence-corrected chi connectivity index (χ1v) is 9.55. The Bertz CT molecular complexity index is 729. The van der Waals surface area contributed by atoms with Crippen molar-refractivity contribution in [2.75, 3.05) is 6.61 Å². The SMILES string of the molecule is Clc1cc(-c2cccs2)cc(Cl)c1OCCCCCc1ccco1. The molecule has 0 aliphatic rings. The third-order valence-electron chi connectivity index (χ3n) is 3.70. The van der Waals surface area contributed by atoms with E-state index in [1.54, 1.807) is 17.6 Å². The van der Waals surface area contributed by atoms with Crippen LogP contribution in [0.4, 0.5) is 0 Å². The van der Waals surface area contributed by atoms with Crippen LogP contribution < -0.4 is 4.74 Å². The summed E-state index contributed by atoms with van der Waals surface area (Å²) in [5.41, 5.74) is 1.02. The van der Waals surface area contributed by atoms with Gasteiger partial charge in [0.25, 0.3) is 0 Å². The van der Waals surface area contributed by atoms with Crippen molar-refractivity contribution in [3.63, 3.8) is 0 Å². The molecular formula is C19H18Cl2O2S. The molecule has 1 aromatic carbocycles. The maximum atomic E-state index is 6.34. The van der Waals surface area contributed by atoms with Crippen LogP contribution in [0.5, 0.6) is 5.75 Å². The molecule has 2 aromatic heterocycles. The molecular weight excluding hydrogens is 363 g/mol. The molecule has 2 nitrogen and oxygen atoms in total. The van der Waals surface area contributed by atoms with E-state index >= 15 is 0 Å². The van der Waals surface area contributed by atoms with Crippen molar-refractivity contribution in [1.82, 2.24) is 0 Å². The molecule has 2 heterocycles. The van der Waals surface area contributed by atoms with Gasteiger partial charge in [-0.3, -0.25) is 0 Å². The normalized spacial score (nSPS) is 10.9. The Morgan fingerprint density at radius 3 is 2.50 bits per heavy atom. The van der Waals surface area contributed by atoms with Gasteiger partial charge in [-0.1, -0.05) is 29.3 Å². The number of hydrogen-bond acceptors (Lipinski definition) is 3. The second-order valence-electron chi connectivity index (χ2n) is 5.48. The van der Waals surface area contributed by atoms with Crippen LogP contribution in [0, 0.1) is 0 Å². The minimum Gasteiger partial charge on any atom is -0.490 e. The Morgan fingerprint density at radius 2 is 1.83 bits per heavy atom. The van der Waals surface area contributed by atoms with Crippen molar-refractivity contribution in [2.45, 2.75) is 25.7 Å². The summed E-state index contributed by atoms with van der Waals surface area (Å²) in [7, 11) is 0. The van der Waals surface area contributed by atoms with Gasteiger partial charge in [-0.05, 0) is 60.5 Å². The van der Waals surface area contributed by atoms with Crippen LogP contribution >= 0.6 is 34.5 Å². The summed E-state index contributed by atoms with van der Waals surface area (Å²) in [4.78, 5) is 1.14. The monoisotopic (exact) mass is 380 g/mol. The van der Waals surface area contributed by atoms with Gasteiger partial charge in [0.2, 0.25) is 0 Å². The third kappa shape index (κ3) is 4.56. The predicted molar refractivity (Wildman–Crippen MR) is 102 cm³/mol. The summed E-state index contributed by atoms with van der Waals surface area (Å²) in [5, 5.41) is 3.15. The molecule has 0 aliphatic heterocycles. The Kier molecular flexibility index (Phi) is 6.24. The van der Waals surface area contributed by atoms with Crippen molar-refractivity contribution in [2.24, 2.45) is 0 Å². The van der Waals surface area contributed by atoms with E-state index in [1.807, 2.05) is 41.8 Å². The highest BCUT2D eigenvalue weighted by Gasteiger charge is 2.11. The fraction of sp³-hybridized carbons (Fsp3) is 0.263. The lowest BCUT2D eigenvalue weighted by molar-refractivity contribution is 0.305. The summed E-state index contributed by atoms with van der Waals surface area (Å²) in [6.07, 6.45) is 5.78. The van der Waals surface area contributed by atoms with E-state index < -0.39 is 0 Å². The zero-order valence-electron chi connectivity index (χ0n) is 13.1. The number of furan rings is 1. The van der Waals surface area contributed by atoms with Crippen molar-refractivity contribution in [1.29, 1.82) is 0 Å². The van der Waals surface area contributed by atoms with Gasteiger partial charge in [-0.15, -0.1) is 11.3 Å². The van der Waals surface area contributed by atoms with Crippen LogP contribution in [0.1, 0.15) is 25.0 Å². The van der Waals surface area contributed by atoms with E-state index in [0.717, 1.165) is 41.9 Å². The standard InChI is InChI=1S/C19H18Cl2O2S/c20-16-12-14(18-8-5-11-24-18)13-17(21)19(16)23-9-3-1-2-6-15-7-4-10-22-15/h4-5,7-8,10-13H,1-3,6,9H2. The van der Waals surface area contributed by atoms with Crippen LogP contribution in [-0.4, -0.2) is 6.61 Å². The molecule has 0 amide bonds. The van der Waals surface area contributed by atoms with Gasteiger partial charge in [0.15, 0.2) is 5.75 Å². The van der Waals surface area contributed by atoms with Gasteiger partial charge < -0.3 is 9.15 Å². The molecule has 0 aliphatic carbocycles. The van der Waals surface area contributed by atoms with Gasteiger partial charge in [-0.25, -0.2) is 0 Å². The third-order valence-corrected chi connectivity index (χ3v) is 5.18. The molecule has 0 N–H and O–H groups in total. The highest BCUT2D eigenvalue weighted by atomic mass is 35.5. The van der Waals surface area contributed by atoms with Crippen molar-refractivity contribution >= 4 is 34.5 Å². The lowest BCUT2D eigenvalue weighted by atomic mass is 10.1. The average molecular weight is 381 g/mol. The molecule has 0 bridgehead atoms. The Morgan fingerprint density at radius 1 is 1.00 bits per heavy atom. The van der Waals surface area contributed by atoms with Gasteiger partial charge in [-0.2, -0.15) is 0 Å². The number of rotatable bonds is 8. The molecule has 0 spiro atoms. The highest BCUT2D eigenvalue weighted by Crippen LogP contribution is 2.38. The molecule has 0 saturated heterocycles. The summed E-state index contributed by atoms with van der Waals surface area (Å²) in [6, 6.07) is 11.8. The van der Waals surface area contributed by atoms with Crippen LogP contribution in [0.15, 0.2) is 52.5 Å². The van der Waals surface area contributed by atoms with Crippen molar-refractivity contribution in [3.05, 3.63) is 63.8 Å². The lowest BCUT2D eigenvalue weighted by Crippen LogP contribution is -1.99. The van der Waals surface area contributed by atoms with E-state index in [1.165, 1.54) is 0 Å². The number of ether oxygens (including phenoxy) is 1. The molecule has 0 atom stereocenters. The fourth-order valence-electron chi connectivity index (χ4n) is 2.49. The Balaban J connectivity index is 1.48. The quantitative estimate of drug-likeness (QED) is 0.388. The summed E-state index contributed by atoms with van der Waals surface area (Å²) >= 11 is 14.3. The lowest BCUT2D eigenvalue weighted by Gasteiger charge is -2.11. The molecule has 5 heteroatoms. The largest absolute Gasteiger partial charge is 0.490 e. The minimum atomic E-state index is 0.557. The first-order valence-electron chi connectivity index (χ1n) is 7.92. The number of hydrogen-bond donors (Lipinski definition) is 0. The average Bonchev–Trinajstić information content (AvgIpc) is 3.26. The van der Waals surface area contributed by atoms with Crippen LogP contribution in [-0.2, 0) is 6.42 Å². The molecule has 3 aromatic rings. The summed E-state index contributed by atoms with van der Waals surface area (Å²) < 4.78 is 11.1. The van der Waals surface area contributed by atoms with E-state index in [0.29, 0.717) is 22.4 Å².